The predicted molar refractivity (Wildman–Crippen MR) is 76.1 cm³/mol. The molecule has 0 aliphatic carbocycles. The Morgan fingerprint density at radius 3 is 2.58 bits per heavy atom. The summed E-state index contributed by atoms with van der Waals surface area (Å²) < 4.78 is 10.3. The SMILES string of the molecule is CCC(C)Cc1noc(N)c1-c1ccc(OC)cc1. The van der Waals surface area contributed by atoms with Crippen LogP contribution in [0.25, 0.3) is 11.1 Å². The molecule has 2 aromatic rings. The summed E-state index contributed by atoms with van der Waals surface area (Å²) in [6, 6.07) is 7.77. The first-order chi connectivity index (χ1) is 9.15. The van der Waals surface area contributed by atoms with Crippen LogP contribution in [-0.2, 0) is 6.42 Å². The Balaban J connectivity index is 2.34. The van der Waals surface area contributed by atoms with Gasteiger partial charge in [0.05, 0.1) is 18.4 Å². The molecule has 4 nitrogen and oxygen atoms in total. The molecular weight excluding hydrogens is 240 g/mol. The molecule has 0 radical (unpaired) electrons. The maximum Gasteiger partial charge on any atom is 0.230 e. The van der Waals surface area contributed by atoms with Crippen LogP contribution < -0.4 is 10.5 Å². The maximum atomic E-state index is 5.90. The van der Waals surface area contributed by atoms with E-state index in [9.17, 15) is 0 Å². The second-order valence-corrected chi connectivity index (χ2v) is 4.81. The zero-order valence-electron chi connectivity index (χ0n) is 11.6. The molecule has 0 aliphatic heterocycles. The van der Waals surface area contributed by atoms with Crippen molar-refractivity contribution in [2.75, 3.05) is 12.8 Å². The summed E-state index contributed by atoms with van der Waals surface area (Å²) in [5, 5.41) is 4.09. The van der Waals surface area contributed by atoms with Crippen LogP contribution in [0.2, 0.25) is 0 Å². The summed E-state index contributed by atoms with van der Waals surface area (Å²) in [4.78, 5) is 0. The lowest BCUT2D eigenvalue weighted by molar-refractivity contribution is 0.415. The highest BCUT2D eigenvalue weighted by Gasteiger charge is 2.17. The van der Waals surface area contributed by atoms with Crippen molar-refractivity contribution in [2.24, 2.45) is 5.92 Å². The number of hydrogen-bond donors (Lipinski definition) is 1. The Labute approximate surface area is 113 Å². The molecule has 1 unspecified atom stereocenters. The number of methoxy groups -OCH3 is 1. The Kier molecular flexibility index (Phi) is 4.10. The molecule has 1 heterocycles. The lowest BCUT2D eigenvalue weighted by atomic mass is 9.97. The van der Waals surface area contributed by atoms with E-state index in [4.69, 9.17) is 15.0 Å². The Bertz CT molecular complexity index is 532. The van der Waals surface area contributed by atoms with Gasteiger partial charge in [0, 0.05) is 0 Å². The second-order valence-electron chi connectivity index (χ2n) is 4.81. The third-order valence-electron chi connectivity index (χ3n) is 3.41. The summed E-state index contributed by atoms with van der Waals surface area (Å²) >= 11 is 0. The van der Waals surface area contributed by atoms with Gasteiger partial charge in [0.15, 0.2) is 0 Å². The highest BCUT2D eigenvalue weighted by Crippen LogP contribution is 2.32. The molecule has 102 valence electrons. The van der Waals surface area contributed by atoms with E-state index in [1.165, 1.54) is 0 Å². The number of hydrogen-bond acceptors (Lipinski definition) is 4. The van der Waals surface area contributed by atoms with Gasteiger partial charge in [-0.25, -0.2) is 0 Å². The molecule has 1 aromatic heterocycles. The molecule has 0 saturated heterocycles. The molecule has 0 fully saturated rings. The van der Waals surface area contributed by atoms with Crippen molar-refractivity contribution in [3.05, 3.63) is 30.0 Å². The number of aromatic nitrogens is 1. The van der Waals surface area contributed by atoms with E-state index >= 15 is 0 Å². The minimum Gasteiger partial charge on any atom is -0.497 e. The molecular formula is C15H20N2O2. The van der Waals surface area contributed by atoms with Crippen LogP contribution >= 0.6 is 0 Å². The minimum atomic E-state index is 0.378. The fourth-order valence-corrected chi connectivity index (χ4v) is 2.02. The lowest BCUT2D eigenvalue weighted by Crippen LogP contribution is -2.00. The molecule has 0 saturated carbocycles. The number of ether oxygens (including phenoxy) is 1. The molecule has 0 amide bonds. The van der Waals surface area contributed by atoms with Crippen LogP contribution in [0.3, 0.4) is 0 Å². The molecule has 2 N–H and O–H groups in total. The van der Waals surface area contributed by atoms with Gasteiger partial charge in [0.25, 0.3) is 0 Å². The van der Waals surface area contributed by atoms with E-state index in [1.807, 2.05) is 24.3 Å². The number of anilines is 1. The number of rotatable bonds is 5. The van der Waals surface area contributed by atoms with E-state index in [0.717, 1.165) is 35.4 Å². The fraction of sp³-hybridized carbons (Fsp3) is 0.400. The normalized spacial score (nSPS) is 12.4. The van der Waals surface area contributed by atoms with Crippen molar-refractivity contribution in [3.63, 3.8) is 0 Å². The van der Waals surface area contributed by atoms with Crippen LogP contribution in [0, 0.1) is 5.92 Å². The van der Waals surface area contributed by atoms with E-state index < -0.39 is 0 Å². The van der Waals surface area contributed by atoms with Crippen molar-refractivity contribution in [1.82, 2.24) is 5.16 Å². The van der Waals surface area contributed by atoms with Crippen molar-refractivity contribution >= 4 is 5.88 Å². The first-order valence-corrected chi connectivity index (χ1v) is 6.54. The first-order valence-electron chi connectivity index (χ1n) is 6.54. The summed E-state index contributed by atoms with van der Waals surface area (Å²) in [7, 11) is 1.65. The third kappa shape index (κ3) is 2.89. The average molecular weight is 260 g/mol. The quantitative estimate of drug-likeness (QED) is 0.893. The van der Waals surface area contributed by atoms with Gasteiger partial charge in [-0.3, -0.25) is 0 Å². The molecule has 0 aliphatic rings. The molecule has 19 heavy (non-hydrogen) atoms. The summed E-state index contributed by atoms with van der Waals surface area (Å²) in [6.45, 7) is 4.36. The van der Waals surface area contributed by atoms with Gasteiger partial charge in [-0.05, 0) is 30.0 Å². The largest absolute Gasteiger partial charge is 0.497 e. The third-order valence-corrected chi connectivity index (χ3v) is 3.41. The van der Waals surface area contributed by atoms with Gasteiger partial charge < -0.3 is 15.0 Å². The molecule has 1 aromatic carbocycles. The van der Waals surface area contributed by atoms with E-state index in [-0.39, 0.29) is 0 Å². The molecule has 4 heteroatoms. The minimum absolute atomic E-state index is 0.378. The Hall–Kier alpha value is -1.97. The molecule has 1 atom stereocenters. The zero-order valence-corrected chi connectivity index (χ0v) is 11.6. The first kappa shape index (κ1) is 13.5. The lowest BCUT2D eigenvalue weighted by Gasteiger charge is -2.08. The van der Waals surface area contributed by atoms with E-state index in [0.29, 0.717) is 11.8 Å². The second kappa shape index (κ2) is 5.78. The summed E-state index contributed by atoms with van der Waals surface area (Å²) in [6.07, 6.45) is 1.98. The Morgan fingerprint density at radius 1 is 1.32 bits per heavy atom. The zero-order chi connectivity index (χ0) is 13.8. The van der Waals surface area contributed by atoms with E-state index in [1.54, 1.807) is 7.11 Å². The average Bonchev–Trinajstić information content (AvgIpc) is 2.79. The van der Waals surface area contributed by atoms with Crippen molar-refractivity contribution in [1.29, 1.82) is 0 Å². The number of nitrogens with zero attached hydrogens (tertiary/aromatic N) is 1. The van der Waals surface area contributed by atoms with Crippen LogP contribution in [0.15, 0.2) is 28.8 Å². The van der Waals surface area contributed by atoms with Gasteiger partial charge in [-0.2, -0.15) is 0 Å². The van der Waals surface area contributed by atoms with Crippen molar-refractivity contribution in [2.45, 2.75) is 26.7 Å². The van der Waals surface area contributed by atoms with Crippen LogP contribution in [0.5, 0.6) is 5.75 Å². The van der Waals surface area contributed by atoms with Gasteiger partial charge >= 0.3 is 0 Å². The van der Waals surface area contributed by atoms with Gasteiger partial charge in [-0.15, -0.1) is 0 Å². The molecule has 0 spiro atoms. The van der Waals surface area contributed by atoms with Crippen LogP contribution in [-0.4, -0.2) is 12.3 Å². The van der Waals surface area contributed by atoms with Crippen LogP contribution in [0.1, 0.15) is 26.0 Å². The molecule has 2 rings (SSSR count). The Morgan fingerprint density at radius 2 is 2.00 bits per heavy atom. The summed E-state index contributed by atoms with van der Waals surface area (Å²) in [5.41, 5.74) is 8.75. The standard InChI is InChI=1S/C15H20N2O2/c1-4-10(2)9-13-14(15(16)19-17-13)11-5-7-12(18-3)8-6-11/h5-8,10H,4,9,16H2,1-3H3. The van der Waals surface area contributed by atoms with Crippen molar-refractivity contribution in [3.8, 4) is 16.9 Å². The van der Waals surface area contributed by atoms with Gasteiger partial charge in [-0.1, -0.05) is 37.6 Å². The number of nitrogens with two attached hydrogens (primary N) is 1. The molecule has 0 bridgehead atoms. The fourth-order valence-electron chi connectivity index (χ4n) is 2.02. The van der Waals surface area contributed by atoms with E-state index in [2.05, 4.69) is 19.0 Å². The highest BCUT2D eigenvalue weighted by molar-refractivity contribution is 5.75. The smallest absolute Gasteiger partial charge is 0.230 e. The number of nitrogen functional groups attached to an aromatic ring is 1. The van der Waals surface area contributed by atoms with Crippen molar-refractivity contribution < 1.29 is 9.26 Å². The summed E-state index contributed by atoms with van der Waals surface area (Å²) in [5.74, 6) is 1.76. The highest BCUT2D eigenvalue weighted by atomic mass is 16.5. The number of benzene rings is 1. The maximum absolute atomic E-state index is 5.90. The van der Waals surface area contributed by atoms with Gasteiger partial charge in [0.1, 0.15) is 5.75 Å². The van der Waals surface area contributed by atoms with Gasteiger partial charge in [0.2, 0.25) is 5.88 Å². The predicted octanol–water partition coefficient (Wildman–Crippen LogP) is 3.52. The van der Waals surface area contributed by atoms with Crippen LogP contribution in [0.4, 0.5) is 5.88 Å². The topological polar surface area (TPSA) is 61.3 Å². The monoisotopic (exact) mass is 260 g/mol.